The van der Waals surface area contributed by atoms with E-state index >= 15 is 0 Å². The first-order valence-electron chi connectivity index (χ1n) is 8.72. The van der Waals surface area contributed by atoms with Crippen LogP contribution in [-0.4, -0.2) is 31.4 Å². The largest absolute Gasteiger partial charge is 0.358 e. The summed E-state index contributed by atoms with van der Waals surface area (Å²) in [5, 5.41) is 8.50. The van der Waals surface area contributed by atoms with Gasteiger partial charge in [-0.15, -0.1) is 0 Å². The Labute approximate surface area is 155 Å². The number of pyridine rings is 1. The molecule has 3 aromatic heterocycles. The summed E-state index contributed by atoms with van der Waals surface area (Å²) in [6.07, 6.45) is 3.24. The Kier molecular flexibility index (Phi) is 3.99. The van der Waals surface area contributed by atoms with Crippen molar-refractivity contribution in [3.63, 3.8) is 0 Å². The highest BCUT2D eigenvalue weighted by Gasteiger charge is 2.23. The molecule has 27 heavy (non-hydrogen) atoms. The van der Waals surface area contributed by atoms with Gasteiger partial charge < -0.3 is 10.3 Å². The first kappa shape index (κ1) is 17.0. The monoisotopic (exact) mass is 361 g/mol. The van der Waals surface area contributed by atoms with Gasteiger partial charge in [-0.2, -0.15) is 5.10 Å². The average molecular weight is 361 g/mol. The molecule has 0 radical (unpaired) electrons. The highest BCUT2D eigenvalue weighted by atomic mass is 16.2. The molecule has 1 amide bonds. The van der Waals surface area contributed by atoms with E-state index < -0.39 is 11.7 Å². The van der Waals surface area contributed by atoms with Crippen molar-refractivity contribution in [1.29, 1.82) is 0 Å². The molecule has 0 aliphatic rings. The predicted octanol–water partition coefficient (Wildman–Crippen LogP) is 3.62. The van der Waals surface area contributed by atoms with Crippen molar-refractivity contribution < 1.29 is 9.59 Å². The number of nitrogens with one attached hydrogen (secondary N) is 2. The van der Waals surface area contributed by atoms with Gasteiger partial charge in [0.05, 0.1) is 23.6 Å². The second kappa shape index (κ2) is 6.35. The molecule has 7 nitrogen and oxygen atoms in total. The first-order valence-corrected chi connectivity index (χ1v) is 8.72. The number of fused-ring (bicyclic) bond motifs is 2. The summed E-state index contributed by atoms with van der Waals surface area (Å²) in [5.74, 6) is -1.27. The average Bonchev–Trinajstić information content (AvgIpc) is 3.20. The Morgan fingerprint density at radius 3 is 2.74 bits per heavy atom. The van der Waals surface area contributed by atoms with Crippen LogP contribution in [0.5, 0.6) is 0 Å². The summed E-state index contributed by atoms with van der Waals surface area (Å²) in [5.41, 5.74) is 3.09. The predicted molar refractivity (Wildman–Crippen MR) is 104 cm³/mol. The smallest absolute Gasteiger partial charge is 0.296 e. The lowest BCUT2D eigenvalue weighted by atomic mass is 10.1. The fourth-order valence-corrected chi connectivity index (χ4v) is 3.26. The van der Waals surface area contributed by atoms with E-state index in [4.69, 9.17) is 0 Å². The number of para-hydroxylation sites is 1. The maximum atomic E-state index is 12.7. The molecule has 7 heteroatoms. The Hall–Kier alpha value is -3.48. The van der Waals surface area contributed by atoms with Gasteiger partial charge in [-0.1, -0.05) is 18.2 Å². The molecular weight excluding hydrogens is 342 g/mol. The summed E-state index contributed by atoms with van der Waals surface area (Å²) in [4.78, 5) is 32.8. The normalized spacial score (nSPS) is 11.4. The molecule has 136 valence electrons. The van der Waals surface area contributed by atoms with Gasteiger partial charge in [0.25, 0.3) is 11.7 Å². The Morgan fingerprint density at radius 2 is 1.96 bits per heavy atom. The van der Waals surface area contributed by atoms with E-state index in [0.717, 1.165) is 21.9 Å². The van der Waals surface area contributed by atoms with E-state index in [1.807, 2.05) is 38.1 Å². The molecule has 0 saturated carbocycles. The van der Waals surface area contributed by atoms with Crippen LogP contribution in [0.4, 0.5) is 5.69 Å². The van der Waals surface area contributed by atoms with Crippen molar-refractivity contribution in [3.05, 3.63) is 54.0 Å². The number of anilines is 1. The van der Waals surface area contributed by atoms with Gasteiger partial charge in [-0.25, -0.2) is 9.67 Å². The molecule has 0 bridgehead atoms. The molecule has 0 saturated heterocycles. The fourth-order valence-electron chi connectivity index (χ4n) is 3.26. The van der Waals surface area contributed by atoms with Crippen molar-refractivity contribution in [2.75, 3.05) is 5.32 Å². The molecule has 1 aromatic carbocycles. The number of nitrogens with zero attached hydrogens (tertiary/aromatic N) is 3. The lowest BCUT2D eigenvalue weighted by Crippen LogP contribution is -2.23. The quantitative estimate of drug-likeness (QED) is 0.429. The highest BCUT2D eigenvalue weighted by molar-refractivity contribution is 6.48. The van der Waals surface area contributed by atoms with Crippen molar-refractivity contribution >= 4 is 39.3 Å². The molecule has 4 aromatic rings. The Bertz CT molecular complexity index is 1190. The number of Topliss-reactive ketones (excluding diaryl/α,β-unsaturated/α-hetero) is 1. The zero-order valence-electron chi connectivity index (χ0n) is 15.3. The van der Waals surface area contributed by atoms with Gasteiger partial charge in [0.2, 0.25) is 0 Å². The number of aromatic nitrogens is 4. The van der Waals surface area contributed by atoms with Gasteiger partial charge in [0.15, 0.2) is 5.65 Å². The van der Waals surface area contributed by atoms with Crippen LogP contribution in [0.3, 0.4) is 0 Å². The summed E-state index contributed by atoms with van der Waals surface area (Å²) in [7, 11) is 0. The second-order valence-corrected chi connectivity index (χ2v) is 6.77. The minimum absolute atomic E-state index is 0.182. The van der Waals surface area contributed by atoms with Gasteiger partial charge >= 0.3 is 0 Å². The zero-order chi connectivity index (χ0) is 19.1. The third-order valence-corrected chi connectivity index (χ3v) is 4.51. The van der Waals surface area contributed by atoms with Gasteiger partial charge in [-0.05, 0) is 32.9 Å². The molecule has 2 N–H and O–H groups in total. The molecule has 0 atom stereocenters. The number of carbonyl (C=O) groups is 2. The van der Waals surface area contributed by atoms with E-state index in [1.54, 1.807) is 23.9 Å². The Balaban J connectivity index is 1.62. The number of hydrogen-bond donors (Lipinski definition) is 2. The minimum atomic E-state index is -0.694. The van der Waals surface area contributed by atoms with Crippen LogP contribution in [0.15, 0.2) is 42.7 Å². The van der Waals surface area contributed by atoms with Crippen molar-refractivity contribution in [3.8, 4) is 0 Å². The number of carbonyl (C=O) groups excluding carboxylic acids is 2. The van der Waals surface area contributed by atoms with E-state index in [2.05, 4.69) is 20.4 Å². The van der Waals surface area contributed by atoms with Crippen LogP contribution >= 0.6 is 0 Å². The van der Waals surface area contributed by atoms with Crippen LogP contribution in [-0.2, 0) is 4.79 Å². The molecule has 0 aliphatic heterocycles. The maximum absolute atomic E-state index is 12.7. The molecule has 3 heterocycles. The number of aryl methyl sites for hydroxylation is 1. The molecular formula is C20H19N5O2. The van der Waals surface area contributed by atoms with Gasteiger partial charge in [-0.3, -0.25) is 9.59 Å². The topological polar surface area (TPSA) is 92.7 Å². The lowest BCUT2D eigenvalue weighted by Gasteiger charge is -2.07. The van der Waals surface area contributed by atoms with E-state index in [1.165, 1.54) is 6.20 Å². The van der Waals surface area contributed by atoms with E-state index in [0.29, 0.717) is 16.9 Å². The summed E-state index contributed by atoms with van der Waals surface area (Å²) >= 11 is 0. The molecule has 0 aliphatic carbocycles. The Morgan fingerprint density at radius 1 is 1.19 bits per heavy atom. The van der Waals surface area contributed by atoms with Crippen molar-refractivity contribution in [2.24, 2.45) is 0 Å². The van der Waals surface area contributed by atoms with Crippen LogP contribution in [0, 0.1) is 6.92 Å². The third-order valence-electron chi connectivity index (χ3n) is 4.51. The highest BCUT2D eigenvalue weighted by Crippen LogP contribution is 2.23. The molecule has 0 unspecified atom stereocenters. The first-order chi connectivity index (χ1) is 13.0. The van der Waals surface area contributed by atoms with E-state index in [-0.39, 0.29) is 6.04 Å². The maximum Gasteiger partial charge on any atom is 0.296 e. The number of H-pyrrole nitrogens is 1. The number of hydrogen-bond acceptors (Lipinski definition) is 4. The SMILES string of the molecule is Cc1[nH]c2ccccc2c1C(=O)C(=O)Nc1cnc2c(cnn2C(C)C)c1. The molecule has 4 rings (SSSR count). The summed E-state index contributed by atoms with van der Waals surface area (Å²) < 4.78 is 1.81. The number of amides is 1. The zero-order valence-corrected chi connectivity index (χ0v) is 15.3. The number of aromatic amines is 1. The van der Waals surface area contributed by atoms with Gasteiger partial charge in [0.1, 0.15) is 0 Å². The molecule has 0 spiro atoms. The van der Waals surface area contributed by atoms with Crippen LogP contribution in [0.1, 0.15) is 35.9 Å². The van der Waals surface area contributed by atoms with E-state index in [9.17, 15) is 9.59 Å². The fraction of sp³-hybridized carbons (Fsp3) is 0.200. The lowest BCUT2D eigenvalue weighted by molar-refractivity contribution is -0.112. The molecule has 0 fully saturated rings. The summed E-state index contributed by atoms with van der Waals surface area (Å²) in [6.45, 7) is 5.83. The van der Waals surface area contributed by atoms with Crippen molar-refractivity contribution in [2.45, 2.75) is 26.8 Å². The van der Waals surface area contributed by atoms with Gasteiger partial charge in [0, 0.05) is 28.0 Å². The number of ketones is 1. The minimum Gasteiger partial charge on any atom is -0.358 e. The second-order valence-electron chi connectivity index (χ2n) is 6.77. The summed E-state index contributed by atoms with van der Waals surface area (Å²) in [6, 6.07) is 9.37. The third kappa shape index (κ3) is 2.87. The van der Waals surface area contributed by atoms with Crippen LogP contribution in [0.25, 0.3) is 21.9 Å². The van der Waals surface area contributed by atoms with Crippen LogP contribution < -0.4 is 5.32 Å². The van der Waals surface area contributed by atoms with Crippen molar-refractivity contribution in [1.82, 2.24) is 19.7 Å². The standard InChI is InChI=1S/C20H19N5O2/c1-11(2)25-19-13(9-22-25)8-14(10-21-19)24-20(27)18(26)17-12(3)23-16-7-5-4-6-15(16)17/h4-11,23H,1-3H3,(H,24,27). The van der Waals surface area contributed by atoms with Crippen LogP contribution in [0.2, 0.25) is 0 Å². The number of rotatable bonds is 4. The number of benzene rings is 1.